The molecule has 1 unspecified atom stereocenters. The molecular formula is C14H18FNO3. The molecule has 0 saturated carbocycles. The Bertz CT molecular complexity index is 448. The van der Waals surface area contributed by atoms with Crippen molar-refractivity contribution in [2.24, 2.45) is 0 Å². The van der Waals surface area contributed by atoms with Gasteiger partial charge in [0.05, 0.1) is 19.1 Å². The van der Waals surface area contributed by atoms with Gasteiger partial charge in [-0.1, -0.05) is 18.2 Å². The molecule has 1 aromatic rings. The summed E-state index contributed by atoms with van der Waals surface area (Å²) in [5.41, 5.74) is 0.456. The lowest BCUT2D eigenvalue weighted by Crippen LogP contribution is -2.37. The molecule has 1 aromatic carbocycles. The summed E-state index contributed by atoms with van der Waals surface area (Å²) >= 11 is 0. The summed E-state index contributed by atoms with van der Waals surface area (Å²) in [5.74, 6) is -0.957. The van der Waals surface area contributed by atoms with Crippen LogP contribution in [0, 0.1) is 5.82 Å². The number of ether oxygens (including phenoxy) is 1. The van der Waals surface area contributed by atoms with Gasteiger partial charge in [-0.3, -0.25) is 9.59 Å². The van der Waals surface area contributed by atoms with Gasteiger partial charge in [0.25, 0.3) is 0 Å². The third-order valence-electron chi connectivity index (χ3n) is 2.66. The molecule has 1 N–H and O–H groups in total. The van der Waals surface area contributed by atoms with Crippen LogP contribution in [0.3, 0.4) is 0 Å². The fraction of sp³-hybridized carbons (Fsp3) is 0.429. The average molecular weight is 267 g/mol. The van der Waals surface area contributed by atoms with Crippen molar-refractivity contribution >= 4 is 11.8 Å². The number of hydrogen-bond acceptors (Lipinski definition) is 4. The first-order valence-electron chi connectivity index (χ1n) is 6.17. The number of carbonyl (C=O) groups is 2. The second kappa shape index (κ2) is 7.63. The monoisotopic (exact) mass is 267 g/mol. The molecule has 0 aliphatic carbocycles. The largest absolute Gasteiger partial charge is 0.466 e. The Labute approximate surface area is 112 Å². The molecule has 1 rings (SSSR count). The van der Waals surface area contributed by atoms with Gasteiger partial charge in [-0.25, -0.2) is 4.39 Å². The lowest BCUT2D eigenvalue weighted by atomic mass is 10.1. The van der Waals surface area contributed by atoms with Crippen molar-refractivity contribution in [3.8, 4) is 0 Å². The van der Waals surface area contributed by atoms with Crippen molar-refractivity contribution in [2.75, 3.05) is 6.61 Å². The summed E-state index contributed by atoms with van der Waals surface area (Å²) in [4.78, 5) is 22.8. The third kappa shape index (κ3) is 5.18. The van der Waals surface area contributed by atoms with Crippen molar-refractivity contribution in [3.05, 3.63) is 35.6 Å². The van der Waals surface area contributed by atoms with Gasteiger partial charge in [0.1, 0.15) is 11.6 Å². The van der Waals surface area contributed by atoms with Gasteiger partial charge in [-0.15, -0.1) is 0 Å². The summed E-state index contributed by atoms with van der Waals surface area (Å²) in [7, 11) is 0. The highest BCUT2D eigenvalue weighted by Crippen LogP contribution is 2.07. The highest BCUT2D eigenvalue weighted by molar-refractivity contribution is 5.86. The number of halogens is 1. The molecule has 1 atom stereocenters. The van der Waals surface area contributed by atoms with Crippen LogP contribution in [0.4, 0.5) is 4.39 Å². The molecule has 0 saturated heterocycles. The van der Waals surface area contributed by atoms with Crippen LogP contribution in [-0.4, -0.2) is 24.4 Å². The molecular weight excluding hydrogens is 249 g/mol. The van der Waals surface area contributed by atoms with E-state index in [-0.39, 0.29) is 31.2 Å². The highest BCUT2D eigenvalue weighted by Gasteiger charge is 2.19. The van der Waals surface area contributed by atoms with Crippen LogP contribution in [0.5, 0.6) is 0 Å². The van der Waals surface area contributed by atoms with E-state index < -0.39 is 12.0 Å². The van der Waals surface area contributed by atoms with Gasteiger partial charge in [0.15, 0.2) is 0 Å². The number of rotatable bonds is 7. The topological polar surface area (TPSA) is 55.4 Å². The van der Waals surface area contributed by atoms with Crippen molar-refractivity contribution in [2.45, 2.75) is 32.9 Å². The Kier molecular flexibility index (Phi) is 6.15. The molecule has 0 heterocycles. The average Bonchev–Trinajstić information content (AvgIpc) is 2.36. The second-order valence-electron chi connectivity index (χ2n) is 4.14. The first-order valence-corrected chi connectivity index (χ1v) is 6.17. The van der Waals surface area contributed by atoms with E-state index in [1.54, 1.807) is 25.1 Å². The van der Waals surface area contributed by atoms with Gasteiger partial charge in [0, 0.05) is 12.1 Å². The Morgan fingerprint density at radius 1 is 1.37 bits per heavy atom. The Balaban J connectivity index is 2.57. The van der Waals surface area contributed by atoms with Crippen molar-refractivity contribution < 1.29 is 18.7 Å². The third-order valence-corrected chi connectivity index (χ3v) is 2.66. The predicted octanol–water partition coefficient (Wildman–Crippen LogP) is 1.83. The van der Waals surface area contributed by atoms with Crippen molar-refractivity contribution in [1.29, 1.82) is 0 Å². The minimum atomic E-state index is -0.654. The van der Waals surface area contributed by atoms with Gasteiger partial charge in [-0.2, -0.15) is 0 Å². The van der Waals surface area contributed by atoms with E-state index >= 15 is 0 Å². The van der Waals surface area contributed by atoms with E-state index in [4.69, 9.17) is 4.74 Å². The van der Waals surface area contributed by atoms with E-state index in [1.807, 2.05) is 0 Å². The lowest BCUT2D eigenvalue weighted by Gasteiger charge is -2.15. The Morgan fingerprint density at radius 3 is 2.63 bits per heavy atom. The zero-order valence-electron chi connectivity index (χ0n) is 11.1. The number of nitrogens with one attached hydrogen (secondary N) is 1. The van der Waals surface area contributed by atoms with E-state index in [0.29, 0.717) is 5.56 Å². The number of hydrogen-bond donors (Lipinski definition) is 1. The van der Waals surface area contributed by atoms with Crippen LogP contribution >= 0.6 is 0 Å². The van der Waals surface area contributed by atoms with E-state index in [9.17, 15) is 14.0 Å². The maximum atomic E-state index is 13.4. The van der Waals surface area contributed by atoms with Crippen LogP contribution in [0.25, 0.3) is 0 Å². The number of esters is 1. The summed E-state index contributed by atoms with van der Waals surface area (Å²) in [6.45, 7) is 3.55. The van der Waals surface area contributed by atoms with E-state index in [2.05, 4.69) is 5.32 Å². The molecule has 5 heteroatoms. The molecule has 0 aromatic heterocycles. The molecule has 0 aliphatic heterocycles. The summed E-state index contributed by atoms with van der Waals surface area (Å²) < 4.78 is 18.2. The van der Waals surface area contributed by atoms with Crippen LogP contribution < -0.4 is 5.32 Å². The summed E-state index contributed by atoms with van der Waals surface area (Å²) in [6, 6.07) is 5.64. The fourth-order valence-electron chi connectivity index (χ4n) is 1.62. The zero-order chi connectivity index (χ0) is 14.3. The maximum Gasteiger partial charge on any atom is 0.307 e. The first kappa shape index (κ1) is 15.3. The molecule has 104 valence electrons. The van der Waals surface area contributed by atoms with Gasteiger partial charge >= 0.3 is 5.97 Å². The van der Waals surface area contributed by atoms with Crippen LogP contribution in [-0.2, 0) is 20.9 Å². The van der Waals surface area contributed by atoms with Crippen molar-refractivity contribution in [1.82, 2.24) is 5.32 Å². The molecule has 0 amide bonds. The minimum Gasteiger partial charge on any atom is -0.466 e. The van der Waals surface area contributed by atoms with E-state index in [1.165, 1.54) is 13.0 Å². The first-order chi connectivity index (χ1) is 9.04. The van der Waals surface area contributed by atoms with Crippen LogP contribution in [0.2, 0.25) is 0 Å². The molecule has 0 radical (unpaired) electrons. The van der Waals surface area contributed by atoms with Gasteiger partial charge < -0.3 is 10.1 Å². The smallest absolute Gasteiger partial charge is 0.307 e. The minimum absolute atomic E-state index is 0.0440. The number of carbonyl (C=O) groups excluding carboxylic acids is 2. The number of Topliss-reactive ketones (excluding diaryl/α,β-unsaturated/α-hetero) is 1. The van der Waals surface area contributed by atoms with Gasteiger partial charge in [-0.05, 0) is 19.9 Å². The normalized spacial score (nSPS) is 11.9. The Morgan fingerprint density at radius 2 is 2.05 bits per heavy atom. The van der Waals surface area contributed by atoms with Gasteiger partial charge in [0.2, 0.25) is 0 Å². The number of benzene rings is 1. The lowest BCUT2D eigenvalue weighted by molar-refractivity contribution is -0.145. The zero-order valence-corrected chi connectivity index (χ0v) is 11.1. The highest BCUT2D eigenvalue weighted by atomic mass is 19.1. The molecule has 19 heavy (non-hydrogen) atoms. The molecule has 4 nitrogen and oxygen atoms in total. The molecule has 0 spiro atoms. The molecule has 0 fully saturated rings. The quantitative estimate of drug-likeness (QED) is 0.766. The van der Waals surface area contributed by atoms with Crippen molar-refractivity contribution in [3.63, 3.8) is 0 Å². The molecule has 0 aliphatic rings. The maximum absolute atomic E-state index is 13.4. The number of ketones is 1. The van der Waals surface area contributed by atoms with Crippen LogP contribution in [0.1, 0.15) is 25.8 Å². The molecule has 0 bridgehead atoms. The predicted molar refractivity (Wildman–Crippen MR) is 69.0 cm³/mol. The standard InChI is InChI=1S/C14H18FNO3/c1-3-19-14(18)8-13(10(2)17)16-9-11-6-4-5-7-12(11)15/h4-7,13,16H,3,8-9H2,1-2H3. The Hall–Kier alpha value is -1.75. The summed E-state index contributed by atoms with van der Waals surface area (Å²) in [5, 5.41) is 2.88. The van der Waals surface area contributed by atoms with Crippen LogP contribution in [0.15, 0.2) is 24.3 Å². The summed E-state index contributed by atoms with van der Waals surface area (Å²) in [6.07, 6.45) is -0.0440. The second-order valence-corrected chi connectivity index (χ2v) is 4.14. The fourth-order valence-corrected chi connectivity index (χ4v) is 1.62. The SMILES string of the molecule is CCOC(=O)CC(NCc1ccccc1F)C(C)=O. The van der Waals surface area contributed by atoms with E-state index in [0.717, 1.165) is 0 Å².